The molecular weight excluding hydrogens is 288 g/mol. The molecule has 0 bridgehead atoms. The third-order valence-corrected chi connectivity index (χ3v) is 3.50. The maximum atomic E-state index is 13.8. The number of alkyl halides is 3. The van der Waals surface area contributed by atoms with Crippen molar-refractivity contribution in [1.82, 2.24) is 10.6 Å². The van der Waals surface area contributed by atoms with E-state index < -0.39 is 29.0 Å². The number of benzene rings is 1. The van der Waals surface area contributed by atoms with Gasteiger partial charge in [-0.25, -0.2) is 4.39 Å². The van der Waals surface area contributed by atoms with E-state index in [9.17, 15) is 22.4 Å². The van der Waals surface area contributed by atoms with E-state index in [1.807, 2.05) is 0 Å². The second-order valence-corrected chi connectivity index (χ2v) is 5.09. The molecule has 1 amide bonds. The quantitative estimate of drug-likeness (QED) is 0.843. The predicted molar refractivity (Wildman–Crippen MR) is 69.3 cm³/mol. The third kappa shape index (κ3) is 3.93. The molecule has 0 saturated carbocycles. The zero-order valence-corrected chi connectivity index (χ0v) is 11.3. The van der Waals surface area contributed by atoms with Crippen molar-refractivity contribution in [2.75, 3.05) is 19.6 Å². The van der Waals surface area contributed by atoms with Gasteiger partial charge in [0.25, 0.3) is 5.91 Å². The molecule has 1 unspecified atom stereocenters. The summed E-state index contributed by atoms with van der Waals surface area (Å²) < 4.78 is 51.6. The molecule has 0 aromatic heterocycles. The van der Waals surface area contributed by atoms with Crippen LogP contribution in [0.1, 0.15) is 28.8 Å². The van der Waals surface area contributed by atoms with Crippen molar-refractivity contribution < 1.29 is 22.4 Å². The fourth-order valence-corrected chi connectivity index (χ4v) is 2.36. The van der Waals surface area contributed by atoms with Crippen LogP contribution in [0.25, 0.3) is 0 Å². The molecule has 2 N–H and O–H groups in total. The predicted octanol–water partition coefficient (Wildman–Crippen LogP) is 2.57. The van der Waals surface area contributed by atoms with Gasteiger partial charge in [-0.1, -0.05) is 6.07 Å². The van der Waals surface area contributed by atoms with Crippen LogP contribution >= 0.6 is 0 Å². The number of halogens is 4. The number of hydrogen-bond acceptors (Lipinski definition) is 2. The van der Waals surface area contributed by atoms with Crippen LogP contribution in [0.3, 0.4) is 0 Å². The summed E-state index contributed by atoms with van der Waals surface area (Å²) in [6, 6.07) is 2.71. The van der Waals surface area contributed by atoms with E-state index in [2.05, 4.69) is 10.6 Å². The molecule has 0 aliphatic carbocycles. The zero-order valence-electron chi connectivity index (χ0n) is 11.3. The van der Waals surface area contributed by atoms with Crippen LogP contribution in [-0.4, -0.2) is 25.5 Å². The van der Waals surface area contributed by atoms with Gasteiger partial charge in [-0.2, -0.15) is 13.2 Å². The largest absolute Gasteiger partial charge is 0.419 e. The highest BCUT2D eigenvalue weighted by atomic mass is 19.4. The summed E-state index contributed by atoms with van der Waals surface area (Å²) in [5.74, 6) is -2.12. The fraction of sp³-hybridized carbons (Fsp3) is 0.500. The van der Waals surface area contributed by atoms with Gasteiger partial charge in [-0.05, 0) is 44.0 Å². The van der Waals surface area contributed by atoms with E-state index in [1.54, 1.807) is 0 Å². The SMILES string of the molecule is O=C(NCC1CCCNC1)c1cccc(C(F)(F)F)c1F. The molecule has 1 fully saturated rings. The van der Waals surface area contributed by atoms with Gasteiger partial charge in [0.05, 0.1) is 11.1 Å². The number of amides is 1. The topological polar surface area (TPSA) is 41.1 Å². The molecule has 2 rings (SSSR count). The zero-order chi connectivity index (χ0) is 15.5. The number of piperidine rings is 1. The van der Waals surface area contributed by atoms with Crippen LogP contribution in [-0.2, 0) is 6.18 Å². The van der Waals surface area contributed by atoms with Crippen molar-refractivity contribution in [3.8, 4) is 0 Å². The number of carbonyl (C=O) groups excluding carboxylic acids is 1. The molecule has 1 aliphatic heterocycles. The lowest BCUT2D eigenvalue weighted by molar-refractivity contribution is -0.140. The molecule has 3 nitrogen and oxygen atoms in total. The number of rotatable bonds is 3. The summed E-state index contributed by atoms with van der Waals surface area (Å²) >= 11 is 0. The second-order valence-electron chi connectivity index (χ2n) is 5.09. The van der Waals surface area contributed by atoms with E-state index in [4.69, 9.17) is 0 Å². The van der Waals surface area contributed by atoms with E-state index in [0.717, 1.165) is 38.1 Å². The minimum atomic E-state index is -4.81. The van der Waals surface area contributed by atoms with Crippen LogP contribution in [0.2, 0.25) is 0 Å². The van der Waals surface area contributed by atoms with Crippen LogP contribution < -0.4 is 10.6 Å². The van der Waals surface area contributed by atoms with Crippen LogP contribution in [0, 0.1) is 11.7 Å². The van der Waals surface area contributed by atoms with Gasteiger partial charge in [-0.15, -0.1) is 0 Å². The summed E-state index contributed by atoms with van der Waals surface area (Å²) in [4.78, 5) is 11.8. The van der Waals surface area contributed by atoms with Crippen LogP contribution in [0.5, 0.6) is 0 Å². The minimum absolute atomic E-state index is 0.219. The Balaban J connectivity index is 2.05. The van der Waals surface area contributed by atoms with Crippen molar-refractivity contribution in [2.45, 2.75) is 19.0 Å². The fourth-order valence-electron chi connectivity index (χ4n) is 2.36. The molecule has 116 valence electrons. The lowest BCUT2D eigenvalue weighted by Gasteiger charge is -2.23. The summed E-state index contributed by atoms with van der Waals surface area (Å²) in [6.45, 7) is 1.99. The minimum Gasteiger partial charge on any atom is -0.352 e. The van der Waals surface area contributed by atoms with Crippen molar-refractivity contribution >= 4 is 5.91 Å². The third-order valence-electron chi connectivity index (χ3n) is 3.50. The lowest BCUT2D eigenvalue weighted by Crippen LogP contribution is -2.38. The van der Waals surface area contributed by atoms with Crippen LogP contribution in [0.4, 0.5) is 17.6 Å². The monoisotopic (exact) mass is 304 g/mol. The molecular formula is C14H16F4N2O. The Labute approximate surface area is 119 Å². The summed E-state index contributed by atoms with van der Waals surface area (Å²) in [5.41, 5.74) is -2.00. The van der Waals surface area contributed by atoms with Crippen molar-refractivity contribution in [2.24, 2.45) is 5.92 Å². The summed E-state index contributed by atoms with van der Waals surface area (Å²) in [5, 5.41) is 5.67. The standard InChI is InChI=1S/C14H16F4N2O/c15-12-10(4-1-5-11(12)14(16,17)18)13(21)20-8-9-3-2-6-19-7-9/h1,4-5,9,19H,2-3,6-8H2,(H,20,21). The van der Waals surface area contributed by atoms with E-state index in [1.165, 1.54) is 0 Å². The number of carbonyl (C=O) groups is 1. The first-order chi connectivity index (χ1) is 9.89. The average molecular weight is 304 g/mol. The Morgan fingerprint density at radius 1 is 1.38 bits per heavy atom. The van der Waals surface area contributed by atoms with Gasteiger partial charge in [0, 0.05) is 6.54 Å². The normalized spacial score (nSPS) is 19.3. The van der Waals surface area contributed by atoms with Gasteiger partial charge in [0.2, 0.25) is 0 Å². The van der Waals surface area contributed by atoms with Gasteiger partial charge >= 0.3 is 6.18 Å². The molecule has 1 atom stereocenters. The second kappa shape index (κ2) is 6.43. The molecule has 1 heterocycles. The maximum absolute atomic E-state index is 13.8. The lowest BCUT2D eigenvalue weighted by atomic mass is 9.99. The molecule has 21 heavy (non-hydrogen) atoms. The molecule has 0 radical (unpaired) electrons. The average Bonchev–Trinajstić information content (AvgIpc) is 2.45. The first-order valence-corrected chi connectivity index (χ1v) is 6.74. The number of nitrogens with one attached hydrogen (secondary N) is 2. The molecule has 1 aromatic carbocycles. The molecule has 1 saturated heterocycles. The molecule has 0 spiro atoms. The Bertz CT molecular complexity index is 510. The highest BCUT2D eigenvalue weighted by Crippen LogP contribution is 2.32. The summed E-state index contributed by atoms with van der Waals surface area (Å²) in [6.07, 6.45) is -2.90. The van der Waals surface area contributed by atoms with Gasteiger partial charge in [0.15, 0.2) is 0 Å². The van der Waals surface area contributed by atoms with E-state index >= 15 is 0 Å². The molecule has 1 aliphatic rings. The Kier molecular flexibility index (Phi) is 4.82. The first kappa shape index (κ1) is 15.8. The number of hydrogen-bond donors (Lipinski definition) is 2. The highest BCUT2D eigenvalue weighted by molar-refractivity contribution is 5.94. The first-order valence-electron chi connectivity index (χ1n) is 6.74. The highest BCUT2D eigenvalue weighted by Gasteiger charge is 2.35. The Morgan fingerprint density at radius 2 is 2.14 bits per heavy atom. The van der Waals surface area contributed by atoms with Gasteiger partial charge in [-0.3, -0.25) is 4.79 Å². The smallest absolute Gasteiger partial charge is 0.352 e. The summed E-state index contributed by atoms with van der Waals surface area (Å²) in [7, 11) is 0. The Morgan fingerprint density at radius 3 is 2.76 bits per heavy atom. The van der Waals surface area contributed by atoms with E-state index in [0.29, 0.717) is 12.6 Å². The van der Waals surface area contributed by atoms with Gasteiger partial charge in [0.1, 0.15) is 5.82 Å². The molecule has 7 heteroatoms. The molecule has 1 aromatic rings. The van der Waals surface area contributed by atoms with E-state index in [-0.39, 0.29) is 5.92 Å². The van der Waals surface area contributed by atoms with Crippen molar-refractivity contribution in [3.05, 3.63) is 35.1 Å². The van der Waals surface area contributed by atoms with Crippen molar-refractivity contribution in [1.29, 1.82) is 0 Å². The van der Waals surface area contributed by atoms with Crippen LogP contribution in [0.15, 0.2) is 18.2 Å². The van der Waals surface area contributed by atoms with Gasteiger partial charge < -0.3 is 10.6 Å². The maximum Gasteiger partial charge on any atom is 0.419 e. The Hall–Kier alpha value is -1.63. The van der Waals surface area contributed by atoms with Crippen molar-refractivity contribution in [3.63, 3.8) is 0 Å².